The normalized spacial score (nSPS) is 10.7. The second-order valence-electron chi connectivity index (χ2n) is 6.33. The van der Waals surface area contributed by atoms with Crippen LogP contribution in [0.2, 0.25) is 5.02 Å². The highest BCUT2D eigenvalue weighted by atomic mass is 35.5. The summed E-state index contributed by atoms with van der Waals surface area (Å²) in [4.78, 5) is 12.5. The average Bonchev–Trinajstić information content (AvgIpc) is 3.15. The van der Waals surface area contributed by atoms with Crippen LogP contribution in [0, 0.1) is 0 Å². The lowest BCUT2D eigenvalue weighted by Crippen LogP contribution is -2.15. The van der Waals surface area contributed by atoms with Crippen LogP contribution in [0.1, 0.15) is 18.3 Å². The molecule has 1 N–H and O–H groups in total. The zero-order valence-corrected chi connectivity index (χ0v) is 18.6. The van der Waals surface area contributed by atoms with Crippen LogP contribution >= 0.6 is 23.4 Å². The van der Waals surface area contributed by atoms with Crippen molar-refractivity contribution in [2.45, 2.75) is 25.0 Å². The molecule has 0 atom stereocenters. The number of benzene rings is 2. The summed E-state index contributed by atoms with van der Waals surface area (Å²) in [6.45, 7) is 2.76. The number of anilines is 1. The number of nitrogens with zero attached hydrogens (tertiary/aromatic N) is 3. The molecular weight excluding hydrogens is 424 g/mol. The van der Waals surface area contributed by atoms with Gasteiger partial charge in [-0.05, 0) is 12.5 Å². The fourth-order valence-electron chi connectivity index (χ4n) is 2.93. The molecule has 0 spiro atoms. The maximum absolute atomic E-state index is 12.5. The number of thioether (sulfide) groups is 1. The summed E-state index contributed by atoms with van der Waals surface area (Å²) < 4.78 is 12.5. The van der Waals surface area contributed by atoms with Gasteiger partial charge in [0, 0.05) is 25.1 Å². The molecule has 158 valence electrons. The van der Waals surface area contributed by atoms with E-state index < -0.39 is 0 Å². The molecule has 0 saturated carbocycles. The van der Waals surface area contributed by atoms with E-state index in [1.54, 1.807) is 12.1 Å². The Labute approximate surface area is 184 Å². The smallest absolute Gasteiger partial charge is 0.234 e. The Kier molecular flexibility index (Phi) is 7.59. The summed E-state index contributed by atoms with van der Waals surface area (Å²) in [5.74, 6) is 1.77. The molecule has 0 aliphatic rings. The van der Waals surface area contributed by atoms with Crippen molar-refractivity contribution in [2.24, 2.45) is 0 Å². The maximum Gasteiger partial charge on any atom is 0.234 e. The summed E-state index contributed by atoms with van der Waals surface area (Å²) in [5.41, 5.74) is 1.66. The summed E-state index contributed by atoms with van der Waals surface area (Å²) >= 11 is 7.45. The minimum Gasteiger partial charge on any atom is -0.495 e. The van der Waals surface area contributed by atoms with Gasteiger partial charge in [0.05, 0.1) is 30.7 Å². The van der Waals surface area contributed by atoms with Crippen LogP contribution in [0.3, 0.4) is 0 Å². The lowest BCUT2D eigenvalue weighted by Gasteiger charge is -2.13. The van der Waals surface area contributed by atoms with E-state index in [9.17, 15) is 4.79 Å². The van der Waals surface area contributed by atoms with Crippen LogP contribution in [0.4, 0.5) is 5.69 Å². The Bertz CT molecular complexity index is 1010. The SMILES string of the molecule is CCn1c(Cc2ccccc2)nnc1SCC(=O)Nc1cc(OC)c(Cl)cc1OC. The molecular formula is C21H23ClN4O3S. The van der Waals surface area contributed by atoms with Gasteiger partial charge in [-0.1, -0.05) is 53.7 Å². The number of nitrogens with one attached hydrogen (secondary N) is 1. The molecule has 3 rings (SSSR count). The third-order valence-electron chi connectivity index (χ3n) is 4.40. The van der Waals surface area contributed by atoms with Crippen molar-refractivity contribution < 1.29 is 14.3 Å². The maximum atomic E-state index is 12.5. The molecule has 1 aromatic heterocycles. The molecule has 0 aliphatic carbocycles. The highest BCUT2D eigenvalue weighted by Gasteiger charge is 2.16. The average molecular weight is 447 g/mol. The first-order chi connectivity index (χ1) is 14.5. The number of carbonyl (C=O) groups is 1. The topological polar surface area (TPSA) is 78.3 Å². The fraction of sp³-hybridized carbons (Fsp3) is 0.286. The van der Waals surface area contributed by atoms with Crippen LogP contribution in [0.15, 0.2) is 47.6 Å². The third kappa shape index (κ3) is 5.25. The zero-order chi connectivity index (χ0) is 21.5. The third-order valence-corrected chi connectivity index (χ3v) is 5.66. The van der Waals surface area contributed by atoms with Crippen LogP contribution in [0.25, 0.3) is 0 Å². The molecule has 0 radical (unpaired) electrons. The van der Waals surface area contributed by atoms with Crippen molar-refractivity contribution in [3.8, 4) is 11.5 Å². The van der Waals surface area contributed by atoms with Crippen molar-refractivity contribution in [1.82, 2.24) is 14.8 Å². The van der Waals surface area contributed by atoms with Crippen molar-refractivity contribution >= 4 is 35.0 Å². The quantitative estimate of drug-likeness (QED) is 0.494. The van der Waals surface area contributed by atoms with Gasteiger partial charge in [0.25, 0.3) is 0 Å². The molecule has 0 aliphatic heterocycles. The highest BCUT2D eigenvalue weighted by Crippen LogP contribution is 2.36. The van der Waals surface area contributed by atoms with Gasteiger partial charge in [-0.2, -0.15) is 0 Å². The Morgan fingerprint density at radius 2 is 1.87 bits per heavy atom. The number of halogens is 1. The summed E-state index contributed by atoms with van der Waals surface area (Å²) in [5, 5.41) is 12.5. The monoisotopic (exact) mass is 446 g/mol. The standard InChI is InChI=1S/C21H23ClN4O3S/c1-4-26-19(10-14-8-6-5-7-9-14)24-25-21(26)30-13-20(27)23-16-12-17(28-2)15(22)11-18(16)29-3/h5-9,11-12H,4,10,13H2,1-3H3,(H,23,27). The molecule has 7 nitrogen and oxygen atoms in total. The highest BCUT2D eigenvalue weighted by molar-refractivity contribution is 7.99. The molecule has 30 heavy (non-hydrogen) atoms. The Morgan fingerprint density at radius 3 is 2.53 bits per heavy atom. The zero-order valence-electron chi connectivity index (χ0n) is 17.0. The molecule has 0 saturated heterocycles. The lowest BCUT2D eigenvalue weighted by atomic mass is 10.1. The van der Waals surface area contributed by atoms with Gasteiger partial charge in [-0.3, -0.25) is 4.79 Å². The van der Waals surface area contributed by atoms with Gasteiger partial charge in [0.2, 0.25) is 5.91 Å². The number of aromatic nitrogens is 3. The molecule has 3 aromatic rings. The van der Waals surface area contributed by atoms with Crippen LogP contribution in [-0.4, -0.2) is 40.6 Å². The molecule has 0 unspecified atom stereocenters. The molecule has 0 fully saturated rings. The fourth-order valence-corrected chi connectivity index (χ4v) is 3.98. The minimum atomic E-state index is -0.196. The first-order valence-corrected chi connectivity index (χ1v) is 10.7. The van der Waals surface area contributed by atoms with Gasteiger partial charge in [0.15, 0.2) is 5.16 Å². The summed E-state index contributed by atoms with van der Waals surface area (Å²) in [6.07, 6.45) is 0.691. The van der Waals surface area contributed by atoms with Gasteiger partial charge in [-0.25, -0.2) is 0 Å². The van der Waals surface area contributed by atoms with Gasteiger partial charge >= 0.3 is 0 Å². The van der Waals surface area contributed by atoms with Crippen LogP contribution in [0.5, 0.6) is 11.5 Å². The van der Waals surface area contributed by atoms with Gasteiger partial charge < -0.3 is 19.4 Å². The van der Waals surface area contributed by atoms with E-state index in [0.717, 1.165) is 17.9 Å². The number of ether oxygens (including phenoxy) is 2. The Hall–Kier alpha value is -2.71. The minimum absolute atomic E-state index is 0.178. The predicted octanol–water partition coefficient (Wildman–Crippen LogP) is 4.29. The van der Waals surface area contributed by atoms with Crippen LogP contribution in [-0.2, 0) is 17.8 Å². The molecule has 0 bridgehead atoms. The van der Waals surface area contributed by atoms with E-state index in [0.29, 0.717) is 33.8 Å². The van der Waals surface area contributed by atoms with Crippen molar-refractivity contribution in [2.75, 3.05) is 25.3 Å². The first kappa shape index (κ1) is 22.0. The van der Waals surface area contributed by atoms with Gasteiger partial charge in [0.1, 0.15) is 17.3 Å². The van der Waals surface area contributed by atoms with Crippen molar-refractivity contribution in [1.29, 1.82) is 0 Å². The first-order valence-electron chi connectivity index (χ1n) is 9.35. The largest absolute Gasteiger partial charge is 0.495 e. The van der Waals surface area contributed by atoms with Crippen molar-refractivity contribution in [3.63, 3.8) is 0 Å². The Morgan fingerprint density at radius 1 is 1.13 bits per heavy atom. The second-order valence-corrected chi connectivity index (χ2v) is 7.68. The van der Waals surface area contributed by atoms with E-state index in [4.69, 9.17) is 21.1 Å². The number of hydrogen-bond acceptors (Lipinski definition) is 6. The number of carbonyl (C=O) groups excluding carboxylic acids is 1. The lowest BCUT2D eigenvalue weighted by molar-refractivity contribution is -0.113. The molecule has 1 heterocycles. The summed E-state index contributed by atoms with van der Waals surface area (Å²) in [7, 11) is 3.03. The van der Waals surface area contributed by atoms with E-state index in [1.165, 1.54) is 26.0 Å². The van der Waals surface area contributed by atoms with Crippen LogP contribution < -0.4 is 14.8 Å². The van der Waals surface area contributed by atoms with Gasteiger partial charge in [-0.15, -0.1) is 10.2 Å². The number of amides is 1. The van der Waals surface area contributed by atoms with Crippen molar-refractivity contribution in [3.05, 3.63) is 58.9 Å². The molecule has 9 heteroatoms. The van der Waals surface area contributed by atoms with E-state index in [-0.39, 0.29) is 11.7 Å². The van der Waals surface area contributed by atoms with E-state index >= 15 is 0 Å². The molecule has 1 amide bonds. The molecule has 2 aromatic carbocycles. The Balaban J connectivity index is 1.67. The number of hydrogen-bond donors (Lipinski definition) is 1. The van der Waals surface area contributed by atoms with E-state index in [1.807, 2.05) is 29.7 Å². The predicted molar refractivity (Wildman–Crippen MR) is 119 cm³/mol. The number of rotatable bonds is 9. The second kappa shape index (κ2) is 10.4. The number of methoxy groups -OCH3 is 2. The van der Waals surface area contributed by atoms with E-state index in [2.05, 4.69) is 27.6 Å². The summed E-state index contributed by atoms with van der Waals surface area (Å²) in [6, 6.07) is 13.3.